The van der Waals surface area contributed by atoms with E-state index in [-0.39, 0.29) is 5.56 Å². The molecule has 6 rings (SSSR count). The zero-order valence-electron chi connectivity index (χ0n) is 23.5. The highest BCUT2D eigenvalue weighted by molar-refractivity contribution is 5.80. The zero-order valence-corrected chi connectivity index (χ0v) is 23.5. The second-order valence-corrected chi connectivity index (χ2v) is 10.8. The molecule has 0 spiro atoms. The number of H-pyrrole nitrogens is 1. The van der Waals surface area contributed by atoms with E-state index in [9.17, 15) is 14.7 Å². The Labute approximate surface area is 240 Å². The molecule has 3 aromatic carbocycles. The molecular weight excluding hydrogens is 532 g/mol. The first-order chi connectivity index (χ1) is 20.2. The molecule has 10 nitrogen and oxygen atoms in total. The molecule has 10 heteroatoms. The highest BCUT2D eigenvalue weighted by Crippen LogP contribution is 2.30. The van der Waals surface area contributed by atoms with E-state index in [1.165, 1.54) is 6.33 Å². The van der Waals surface area contributed by atoms with Crippen molar-refractivity contribution in [1.29, 1.82) is 0 Å². The molecule has 3 heterocycles. The summed E-state index contributed by atoms with van der Waals surface area (Å²) < 4.78 is 8.05. The molecule has 0 bridgehead atoms. The lowest BCUT2D eigenvalue weighted by Gasteiger charge is -2.19. The molecule has 0 atom stereocenters. The Morgan fingerprint density at radius 2 is 1.67 bits per heavy atom. The van der Waals surface area contributed by atoms with Crippen LogP contribution >= 0.6 is 0 Å². The Hall–Kier alpha value is -5.09. The number of aryl methyl sites for hydroxylation is 1. The number of benzene rings is 3. The van der Waals surface area contributed by atoms with Gasteiger partial charge in [0, 0.05) is 17.5 Å². The highest BCUT2D eigenvalue weighted by Gasteiger charge is 2.21. The fourth-order valence-corrected chi connectivity index (χ4v) is 5.27. The van der Waals surface area contributed by atoms with Gasteiger partial charge in [-0.1, -0.05) is 79.2 Å². The largest absolute Gasteiger partial charge is 0.439 e. The Morgan fingerprint density at radius 3 is 2.31 bits per heavy atom. The minimum absolute atomic E-state index is 0.153. The Balaban J connectivity index is 1.41. The van der Waals surface area contributed by atoms with Gasteiger partial charge in [-0.25, -0.2) is 13.9 Å². The number of rotatable bonds is 8. The predicted octanol–water partition coefficient (Wildman–Crippen LogP) is 4.66. The van der Waals surface area contributed by atoms with Crippen molar-refractivity contribution in [2.75, 3.05) is 0 Å². The van der Waals surface area contributed by atoms with Gasteiger partial charge in [0.15, 0.2) is 5.82 Å². The van der Waals surface area contributed by atoms with Crippen molar-refractivity contribution in [3.8, 4) is 28.2 Å². The summed E-state index contributed by atoms with van der Waals surface area (Å²) in [5.41, 5.74) is 5.26. The molecule has 42 heavy (non-hydrogen) atoms. The number of nitrogens with one attached hydrogen (secondary N) is 1. The van der Waals surface area contributed by atoms with E-state index < -0.39 is 11.4 Å². The van der Waals surface area contributed by atoms with Gasteiger partial charge in [-0.2, -0.15) is 10.1 Å². The average Bonchev–Trinajstić information content (AvgIpc) is 3.64. The molecular formula is C32H30N6O4. The van der Waals surface area contributed by atoms with Crippen LogP contribution in [0.3, 0.4) is 0 Å². The molecule has 212 valence electrons. The lowest BCUT2D eigenvalue weighted by atomic mass is 9.96. The van der Waals surface area contributed by atoms with Crippen molar-refractivity contribution in [2.45, 2.75) is 45.6 Å². The summed E-state index contributed by atoms with van der Waals surface area (Å²) >= 11 is 0. The normalized spacial score (nSPS) is 11.8. The van der Waals surface area contributed by atoms with Gasteiger partial charge < -0.3 is 5.11 Å². The molecule has 3 aromatic heterocycles. The Bertz CT molecular complexity index is 1990. The van der Waals surface area contributed by atoms with Gasteiger partial charge in [0.25, 0.3) is 5.56 Å². The van der Waals surface area contributed by atoms with Crippen LogP contribution in [0.2, 0.25) is 0 Å². The van der Waals surface area contributed by atoms with Crippen LogP contribution < -0.4 is 11.3 Å². The summed E-state index contributed by atoms with van der Waals surface area (Å²) in [6, 6.07) is 22.9. The number of fused-ring (bicyclic) bond motifs is 1. The van der Waals surface area contributed by atoms with Gasteiger partial charge in [-0.3, -0.25) is 14.3 Å². The van der Waals surface area contributed by atoms with Crippen LogP contribution in [0, 0.1) is 0 Å². The molecule has 0 amide bonds. The van der Waals surface area contributed by atoms with Crippen LogP contribution in [0.25, 0.3) is 34.0 Å². The quantitative estimate of drug-likeness (QED) is 0.276. The van der Waals surface area contributed by atoms with Gasteiger partial charge in [-0.15, -0.1) is 0 Å². The third-order valence-electron chi connectivity index (χ3n) is 7.38. The maximum Gasteiger partial charge on any atom is 0.439 e. The van der Waals surface area contributed by atoms with Crippen LogP contribution in [0.1, 0.15) is 49.6 Å². The topological polar surface area (TPSA) is 131 Å². The number of nitrogens with zero attached hydrogens (tertiary/aromatic N) is 5. The number of hydrogen-bond donors (Lipinski definition) is 2. The summed E-state index contributed by atoms with van der Waals surface area (Å²) in [6.07, 6.45) is 3.38. The summed E-state index contributed by atoms with van der Waals surface area (Å²) in [7, 11) is 0. The van der Waals surface area contributed by atoms with Crippen molar-refractivity contribution in [1.82, 2.24) is 29.3 Å². The fraction of sp³-hybridized carbons (Fsp3) is 0.219. The third-order valence-corrected chi connectivity index (χ3v) is 7.38. The fourth-order valence-electron chi connectivity index (χ4n) is 5.27. The molecule has 0 aliphatic carbocycles. The van der Waals surface area contributed by atoms with Crippen LogP contribution in [-0.4, -0.2) is 34.4 Å². The third kappa shape index (κ3) is 4.97. The molecule has 0 radical (unpaired) electrons. The highest BCUT2D eigenvalue weighted by atomic mass is 16.5. The van der Waals surface area contributed by atoms with Gasteiger partial charge in [0.2, 0.25) is 5.78 Å². The van der Waals surface area contributed by atoms with E-state index in [2.05, 4.69) is 27.1 Å². The maximum atomic E-state index is 14.1. The number of aliphatic hydroxyl groups is 1. The molecule has 0 unspecified atom stereocenters. The van der Waals surface area contributed by atoms with Crippen molar-refractivity contribution in [3.63, 3.8) is 0 Å². The van der Waals surface area contributed by atoms with Gasteiger partial charge in [0.05, 0.1) is 17.0 Å². The van der Waals surface area contributed by atoms with Crippen molar-refractivity contribution in [3.05, 3.63) is 122 Å². The molecule has 0 saturated heterocycles. The lowest BCUT2D eigenvalue weighted by Crippen LogP contribution is -2.28. The van der Waals surface area contributed by atoms with E-state index in [0.29, 0.717) is 35.7 Å². The summed E-state index contributed by atoms with van der Waals surface area (Å²) in [5.74, 6) is 0.198. The second-order valence-electron chi connectivity index (χ2n) is 10.8. The van der Waals surface area contributed by atoms with Gasteiger partial charge in [-0.05, 0) is 54.7 Å². The monoisotopic (exact) mass is 562 g/mol. The van der Waals surface area contributed by atoms with Crippen molar-refractivity contribution in [2.24, 2.45) is 0 Å². The van der Waals surface area contributed by atoms with E-state index >= 15 is 0 Å². The molecule has 0 aliphatic rings. The Morgan fingerprint density at radius 1 is 0.952 bits per heavy atom. The van der Waals surface area contributed by atoms with Gasteiger partial charge in [0.1, 0.15) is 6.33 Å². The van der Waals surface area contributed by atoms with Crippen LogP contribution in [0.4, 0.5) is 0 Å². The second kappa shape index (κ2) is 10.7. The average molecular weight is 563 g/mol. The molecule has 0 fully saturated rings. The van der Waals surface area contributed by atoms with Crippen LogP contribution in [0.15, 0.2) is 93.2 Å². The zero-order chi connectivity index (χ0) is 29.4. The standard InChI is InChI=1S/C32H30N6O4/c1-4-7-27-26(29(39)37(30-33-19-34-38(27)30)23-16-14-22(15-17-23)32(2,3)41)18-20-10-12-21(13-11-20)24-8-5-6-9-25(24)28-35-31(40)42-36-28/h5-6,8-17,19,41H,4,7,18H2,1-3H3,(H,35,36,40). The van der Waals surface area contributed by atoms with Crippen molar-refractivity contribution < 1.29 is 9.63 Å². The first-order valence-corrected chi connectivity index (χ1v) is 13.8. The lowest BCUT2D eigenvalue weighted by molar-refractivity contribution is 0.0786. The number of hydrogen-bond acceptors (Lipinski definition) is 7. The van der Waals surface area contributed by atoms with E-state index in [4.69, 9.17) is 4.52 Å². The maximum absolute atomic E-state index is 14.1. The SMILES string of the molecule is CCCc1c(Cc2ccc(-c3ccccc3-c3noc(=O)[nH]3)cc2)c(=O)n(-c2ccc(C(C)(C)O)cc2)c2ncnn12. The van der Waals surface area contributed by atoms with Crippen LogP contribution in [0.5, 0.6) is 0 Å². The molecule has 0 saturated carbocycles. The molecule has 2 N–H and O–H groups in total. The first-order valence-electron chi connectivity index (χ1n) is 13.8. The number of aromatic amines is 1. The minimum Gasteiger partial charge on any atom is -0.386 e. The predicted molar refractivity (Wildman–Crippen MR) is 159 cm³/mol. The minimum atomic E-state index is -0.997. The van der Waals surface area contributed by atoms with E-state index in [1.807, 2.05) is 72.8 Å². The first kappa shape index (κ1) is 27.1. The van der Waals surface area contributed by atoms with E-state index in [1.54, 1.807) is 22.9 Å². The molecule has 6 aromatic rings. The smallest absolute Gasteiger partial charge is 0.386 e. The van der Waals surface area contributed by atoms with Gasteiger partial charge >= 0.3 is 5.76 Å². The van der Waals surface area contributed by atoms with E-state index in [0.717, 1.165) is 39.9 Å². The van der Waals surface area contributed by atoms with Crippen molar-refractivity contribution >= 4 is 5.78 Å². The summed E-state index contributed by atoms with van der Waals surface area (Å²) in [6.45, 7) is 5.52. The summed E-state index contributed by atoms with van der Waals surface area (Å²) in [4.78, 5) is 32.7. The Kier molecular flexibility index (Phi) is 6.91. The van der Waals surface area contributed by atoms with Crippen LogP contribution in [-0.2, 0) is 18.4 Å². The number of aromatic nitrogens is 6. The summed E-state index contributed by atoms with van der Waals surface area (Å²) in [5, 5.41) is 18.7. The molecule has 0 aliphatic heterocycles.